The molecule has 96 valence electrons. The largest absolute Gasteiger partial charge is 0.397 e. The maximum Gasteiger partial charge on any atom is 0.0992 e. The molecular weight excluding hydrogens is 234 g/mol. The monoisotopic (exact) mass is 251 g/mol. The molecule has 3 heteroatoms. The first kappa shape index (κ1) is 13.0. The second kappa shape index (κ2) is 5.45. The van der Waals surface area contributed by atoms with E-state index in [1.165, 1.54) is 5.56 Å². The summed E-state index contributed by atoms with van der Waals surface area (Å²) in [5, 5.41) is 8.85. The van der Waals surface area contributed by atoms with E-state index in [9.17, 15) is 0 Å². The molecule has 19 heavy (non-hydrogen) atoms. The fraction of sp³-hybridized carbons (Fsp3) is 0.188. The molecule has 0 radical (unpaired) electrons. The molecule has 0 heterocycles. The van der Waals surface area contributed by atoms with Gasteiger partial charge in [0.25, 0.3) is 0 Å². The zero-order valence-corrected chi connectivity index (χ0v) is 11.2. The van der Waals surface area contributed by atoms with Gasteiger partial charge in [-0.2, -0.15) is 5.26 Å². The van der Waals surface area contributed by atoms with Crippen LogP contribution in [0.25, 0.3) is 0 Å². The minimum absolute atomic E-state index is 0.580. The molecule has 3 nitrogen and oxygen atoms in total. The molecule has 0 aromatic heterocycles. The summed E-state index contributed by atoms with van der Waals surface area (Å²) >= 11 is 0. The van der Waals surface area contributed by atoms with Gasteiger partial charge in [0, 0.05) is 12.7 Å². The normalized spacial score (nSPS) is 9.95. The van der Waals surface area contributed by atoms with Crippen LogP contribution in [-0.4, -0.2) is 7.05 Å². The van der Waals surface area contributed by atoms with Crippen molar-refractivity contribution < 1.29 is 0 Å². The molecular formula is C16H17N3. The predicted molar refractivity (Wildman–Crippen MR) is 79.5 cm³/mol. The van der Waals surface area contributed by atoms with E-state index in [4.69, 9.17) is 11.0 Å². The van der Waals surface area contributed by atoms with Crippen LogP contribution < -0.4 is 10.6 Å². The number of hydrogen-bond acceptors (Lipinski definition) is 3. The first-order valence-corrected chi connectivity index (χ1v) is 6.28. The number of benzene rings is 2. The van der Waals surface area contributed by atoms with Gasteiger partial charge in [-0.1, -0.05) is 19.1 Å². The van der Waals surface area contributed by atoms with Gasteiger partial charge >= 0.3 is 0 Å². The Hall–Kier alpha value is -2.47. The van der Waals surface area contributed by atoms with Gasteiger partial charge in [-0.05, 0) is 42.3 Å². The number of nitrogen functional groups attached to an aromatic ring is 1. The van der Waals surface area contributed by atoms with Gasteiger partial charge in [0.15, 0.2) is 0 Å². The third-order valence-electron chi connectivity index (χ3n) is 3.25. The number of nitrogens with two attached hydrogens (primary N) is 1. The van der Waals surface area contributed by atoms with Crippen LogP contribution in [0.15, 0.2) is 42.5 Å². The zero-order chi connectivity index (χ0) is 13.8. The number of anilines is 3. The van der Waals surface area contributed by atoms with Crippen molar-refractivity contribution >= 4 is 17.1 Å². The minimum atomic E-state index is 0.580. The Morgan fingerprint density at radius 1 is 1.16 bits per heavy atom. The van der Waals surface area contributed by atoms with E-state index in [0.717, 1.165) is 17.8 Å². The topological polar surface area (TPSA) is 53.0 Å². The molecule has 0 spiro atoms. The summed E-state index contributed by atoms with van der Waals surface area (Å²) in [7, 11) is 1.97. The smallest absolute Gasteiger partial charge is 0.0992 e. The van der Waals surface area contributed by atoms with Crippen LogP contribution in [0.3, 0.4) is 0 Å². The summed E-state index contributed by atoms with van der Waals surface area (Å²) in [6.07, 6.45) is 1.03. The molecule has 2 rings (SSSR count). The van der Waals surface area contributed by atoms with Crippen LogP contribution in [-0.2, 0) is 6.42 Å². The molecule has 2 aromatic rings. The lowest BCUT2D eigenvalue weighted by Gasteiger charge is -2.21. The van der Waals surface area contributed by atoms with E-state index in [2.05, 4.69) is 37.3 Å². The Morgan fingerprint density at radius 2 is 1.84 bits per heavy atom. The summed E-state index contributed by atoms with van der Waals surface area (Å²) in [5.74, 6) is 0. The van der Waals surface area contributed by atoms with Crippen molar-refractivity contribution in [2.45, 2.75) is 13.3 Å². The van der Waals surface area contributed by atoms with Gasteiger partial charge in [0.2, 0.25) is 0 Å². The van der Waals surface area contributed by atoms with Crippen LogP contribution >= 0.6 is 0 Å². The standard InChI is InChI=1S/C16H17N3/c1-3-12-4-7-14(8-5-12)19(2)16-9-6-13(11-17)10-15(16)18/h4-10H,3,18H2,1-2H3. The molecule has 0 saturated heterocycles. The molecule has 0 aliphatic carbocycles. The summed E-state index contributed by atoms with van der Waals surface area (Å²) in [4.78, 5) is 2.02. The summed E-state index contributed by atoms with van der Waals surface area (Å²) in [6, 6.07) is 15.8. The van der Waals surface area contributed by atoms with Crippen LogP contribution in [0, 0.1) is 11.3 Å². The van der Waals surface area contributed by atoms with Gasteiger partial charge in [0.05, 0.1) is 23.0 Å². The molecule has 0 bridgehead atoms. The number of aryl methyl sites for hydroxylation is 1. The Morgan fingerprint density at radius 3 is 2.37 bits per heavy atom. The van der Waals surface area contributed by atoms with Gasteiger partial charge in [-0.3, -0.25) is 0 Å². The molecule has 0 aliphatic rings. The Balaban J connectivity index is 2.33. The van der Waals surface area contributed by atoms with E-state index >= 15 is 0 Å². The van der Waals surface area contributed by atoms with Crippen molar-refractivity contribution in [3.05, 3.63) is 53.6 Å². The van der Waals surface area contributed by atoms with Crippen LogP contribution in [0.2, 0.25) is 0 Å². The molecule has 0 atom stereocenters. The second-order valence-corrected chi connectivity index (χ2v) is 4.46. The van der Waals surface area contributed by atoms with Crippen molar-refractivity contribution in [1.29, 1.82) is 5.26 Å². The quantitative estimate of drug-likeness (QED) is 0.850. The average molecular weight is 251 g/mol. The Labute approximate surface area is 113 Å². The van der Waals surface area contributed by atoms with Gasteiger partial charge in [-0.15, -0.1) is 0 Å². The van der Waals surface area contributed by atoms with Crippen molar-refractivity contribution in [3.63, 3.8) is 0 Å². The summed E-state index contributed by atoms with van der Waals surface area (Å²) in [6.45, 7) is 2.14. The zero-order valence-electron chi connectivity index (χ0n) is 11.2. The maximum atomic E-state index is 8.85. The van der Waals surface area contributed by atoms with Gasteiger partial charge in [0.1, 0.15) is 0 Å². The third-order valence-corrected chi connectivity index (χ3v) is 3.25. The van der Waals surface area contributed by atoms with E-state index in [1.54, 1.807) is 12.1 Å². The fourth-order valence-corrected chi connectivity index (χ4v) is 2.02. The van der Waals surface area contributed by atoms with Crippen molar-refractivity contribution in [2.75, 3.05) is 17.7 Å². The molecule has 0 fully saturated rings. The SMILES string of the molecule is CCc1ccc(N(C)c2ccc(C#N)cc2N)cc1. The Kier molecular flexibility index (Phi) is 3.72. The Bertz CT molecular complexity index is 609. The van der Waals surface area contributed by atoms with Crippen molar-refractivity contribution in [3.8, 4) is 6.07 Å². The molecule has 0 amide bonds. The highest BCUT2D eigenvalue weighted by atomic mass is 15.1. The van der Waals surface area contributed by atoms with Crippen LogP contribution in [0.4, 0.5) is 17.1 Å². The average Bonchev–Trinajstić information content (AvgIpc) is 2.46. The first-order chi connectivity index (χ1) is 9.15. The van der Waals surface area contributed by atoms with E-state index in [-0.39, 0.29) is 0 Å². The maximum absolute atomic E-state index is 8.85. The van der Waals surface area contributed by atoms with Crippen LogP contribution in [0.1, 0.15) is 18.1 Å². The van der Waals surface area contributed by atoms with E-state index in [1.807, 2.05) is 18.0 Å². The fourth-order valence-electron chi connectivity index (χ4n) is 2.02. The number of rotatable bonds is 3. The second-order valence-electron chi connectivity index (χ2n) is 4.46. The van der Waals surface area contributed by atoms with Crippen molar-refractivity contribution in [2.24, 2.45) is 0 Å². The molecule has 2 N–H and O–H groups in total. The molecule has 0 saturated carbocycles. The van der Waals surface area contributed by atoms with Gasteiger partial charge < -0.3 is 10.6 Å². The predicted octanol–water partition coefficient (Wildman–Crippen LogP) is 3.47. The number of hydrogen-bond donors (Lipinski definition) is 1. The van der Waals surface area contributed by atoms with E-state index in [0.29, 0.717) is 11.3 Å². The highest BCUT2D eigenvalue weighted by Gasteiger charge is 2.08. The van der Waals surface area contributed by atoms with Crippen molar-refractivity contribution in [1.82, 2.24) is 0 Å². The molecule has 2 aromatic carbocycles. The lowest BCUT2D eigenvalue weighted by atomic mass is 10.1. The number of nitriles is 1. The lowest BCUT2D eigenvalue weighted by molar-refractivity contribution is 1.13. The summed E-state index contributed by atoms with van der Waals surface area (Å²) < 4.78 is 0. The summed E-state index contributed by atoms with van der Waals surface area (Å²) in [5.41, 5.74) is 10.5. The number of nitrogens with zero attached hydrogens (tertiary/aromatic N) is 2. The minimum Gasteiger partial charge on any atom is -0.397 e. The lowest BCUT2D eigenvalue weighted by Crippen LogP contribution is -2.11. The van der Waals surface area contributed by atoms with Crippen LogP contribution in [0.5, 0.6) is 0 Å². The third kappa shape index (κ3) is 2.69. The van der Waals surface area contributed by atoms with E-state index < -0.39 is 0 Å². The molecule has 0 unspecified atom stereocenters. The first-order valence-electron chi connectivity index (χ1n) is 6.28. The van der Waals surface area contributed by atoms with Gasteiger partial charge in [-0.25, -0.2) is 0 Å². The highest BCUT2D eigenvalue weighted by molar-refractivity contribution is 5.75. The highest BCUT2D eigenvalue weighted by Crippen LogP contribution is 2.29. The molecule has 0 aliphatic heterocycles.